The summed E-state index contributed by atoms with van der Waals surface area (Å²) < 4.78 is 22.7. The molecule has 0 aliphatic heterocycles. The van der Waals surface area contributed by atoms with Crippen LogP contribution in [0, 0.1) is 0 Å². The van der Waals surface area contributed by atoms with Crippen molar-refractivity contribution in [2.45, 2.75) is 11.3 Å². The Morgan fingerprint density at radius 3 is 2.39 bits per heavy atom. The molecule has 0 aliphatic carbocycles. The van der Waals surface area contributed by atoms with Gasteiger partial charge < -0.3 is 10.6 Å². The average Bonchev–Trinajstić information content (AvgIpc) is 3.01. The maximum Gasteiger partial charge on any atom is 0.252 e. The molecule has 1 heterocycles. The van der Waals surface area contributed by atoms with Gasteiger partial charge in [-0.15, -0.1) is 0 Å². The van der Waals surface area contributed by atoms with Crippen LogP contribution in [0.1, 0.15) is 16.8 Å². The molecule has 2 N–H and O–H groups in total. The Morgan fingerprint density at radius 2 is 1.83 bits per heavy atom. The molecule has 0 fully saturated rings. The topological polar surface area (TPSA) is 92.3 Å². The predicted molar refractivity (Wildman–Crippen MR) is 89.5 cm³/mol. The number of carbonyl (C=O) groups is 2. The first-order valence-electron chi connectivity index (χ1n) is 6.76. The molecule has 2 rings (SSSR count). The van der Waals surface area contributed by atoms with Crippen LogP contribution in [0.4, 0.5) is 5.69 Å². The monoisotopic (exact) mass is 352 g/mol. The van der Waals surface area contributed by atoms with Crippen LogP contribution in [0.25, 0.3) is 0 Å². The number of anilines is 1. The zero-order valence-corrected chi connectivity index (χ0v) is 14.0. The Hall–Kier alpha value is -2.19. The summed E-state index contributed by atoms with van der Waals surface area (Å²) in [4.78, 5) is 23.7. The molecule has 0 unspecified atom stereocenters. The second-order valence-corrected chi connectivity index (χ2v) is 7.66. The van der Waals surface area contributed by atoms with Crippen molar-refractivity contribution >= 4 is 38.7 Å². The largest absolute Gasteiger partial charge is 0.351 e. The van der Waals surface area contributed by atoms with Crippen molar-refractivity contribution in [2.75, 3.05) is 18.1 Å². The normalized spacial score (nSPS) is 11.0. The highest BCUT2D eigenvalue weighted by molar-refractivity contribution is 7.90. The van der Waals surface area contributed by atoms with E-state index in [1.165, 1.54) is 35.6 Å². The Labute approximate surface area is 138 Å². The van der Waals surface area contributed by atoms with E-state index in [2.05, 4.69) is 10.6 Å². The van der Waals surface area contributed by atoms with Gasteiger partial charge in [0, 0.05) is 35.9 Å². The molecule has 8 heteroatoms. The highest BCUT2D eigenvalue weighted by atomic mass is 32.2. The lowest BCUT2D eigenvalue weighted by Gasteiger charge is -2.07. The highest BCUT2D eigenvalue weighted by Crippen LogP contribution is 2.14. The van der Waals surface area contributed by atoms with E-state index in [9.17, 15) is 18.0 Å². The molecule has 0 radical (unpaired) electrons. The van der Waals surface area contributed by atoms with Gasteiger partial charge in [0.05, 0.1) is 4.90 Å². The van der Waals surface area contributed by atoms with Gasteiger partial charge in [-0.05, 0) is 35.7 Å². The second kappa shape index (κ2) is 7.38. The summed E-state index contributed by atoms with van der Waals surface area (Å²) in [7, 11) is -3.25. The van der Waals surface area contributed by atoms with E-state index in [1.807, 2.05) is 5.38 Å². The van der Waals surface area contributed by atoms with Crippen LogP contribution >= 0.6 is 11.3 Å². The Balaban J connectivity index is 1.80. The predicted octanol–water partition coefficient (Wildman–Crippen LogP) is 1.91. The minimum Gasteiger partial charge on any atom is -0.351 e. The molecular formula is C15H16N2O4S2. The maximum absolute atomic E-state index is 11.8. The van der Waals surface area contributed by atoms with Crippen LogP contribution in [0.5, 0.6) is 0 Å². The molecule has 122 valence electrons. The summed E-state index contributed by atoms with van der Waals surface area (Å²) in [5.74, 6) is -0.473. The van der Waals surface area contributed by atoms with Gasteiger partial charge in [0.15, 0.2) is 9.84 Å². The zero-order valence-electron chi connectivity index (χ0n) is 12.4. The molecule has 0 aliphatic rings. The fourth-order valence-corrected chi connectivity index (χ4v) is 3.06. The fraction of sp³-hybridized carbons (Fsp3) is 0.200. The second-order valence-electron chi connectivity index (χ2n) is 4.86. The molecule has 23 heavy (non-hydrogen) atoms. The minimum atomic E-state index is -3.25. The minimum absolute atomic E-state index is 0.129. The van der Waals surface area contributed by atoms with E-state index in [0.29, 0.717) is 11.3 Å². The van der Waals surface area contributed by atoms with E-state index in [4.69, 9.17) is 0 Å². The van der Waals surface area contributed by atoms with Crippen molar-refractivity contribution in [1.82, 2.24) is 5.32 Å². The zero-order chi connectivity index (χ0) is 16.9. The maximum atomic E-state index is 11.8. The highest BCUT2D eigenvalue weighted by Gasteiger charge is 2.09. The van der Waals surface area contributed by atoms with Crippen molar-refractivity contribution in [3.05, 3.63) is 46.7 Å². The van der Waals surface area contributed by atoms with Crippen LogP contribution in [-0.4, -0.2) is 33.0 Å². The van der Waals surface area contributed by atoms with Gasteiger partial charge in [-0.1, -0.05) is 0 Å². The van der Waals surface area contributed by atoms with Gasteiger partial charge in [0.2, 0.25) is 5.91 Å². The number of carbonyl (C=O) groups excluding carboxylic acids is 2. The first-order valence-corrected chi connectivity index (χ1v) is 9.60. The van der Waals surface area contributed by atoms with Crippen LogP contribution in [0.15, 0.2) is 46.0 Å². The number of benzene rings is 1. The Bertz CT molecular complexity index is 781. The molecule has 0 saturated carbocycles. The molecule has 0 spiro atoms. The number of rotatable bonds is 6. The average molecular weight is 352 g/mol. The first kappa shape index (κ1) is 17.2. The molecule has 2 aromatic rings. The summed E-state index contributed by atoms with van der Waals surface area (Å²) in [5.41, 5.74) is 1.08. The fourth-order valence-electron chi connectivity index (χ4n) is 1.79. The molecular weight excluding hydrogens is 336 g/mol. The summed E-state index contributed by atoms with van der Waals surface area (Å²) in [6.45, 7) is 0.224. The van der Waals surface area contributed by atoms with Gasteiger partial charge in [0.25, 0.3) is 5.91 Å². The first-order chi connectivity index (χ1) is 10.9. The van der Waals surface area contributed by atoms with Crippen LogP contribution in [0.3, 0.4) is 0 Å². The van der Waals surface area contributed by atoms with Crippen LogP contribution in [0.2, 0.25) is 0 Å². The lowest BCUT2D eigenvalue weighted by molar-refractivity contribution is -0.116. The van der Waals surface area contributed by atoms with E-state index in [-0.39, 0.29) is 29.7 Å². The number of hydrogen-bond acceptors (Lipinski definition) is 5. The van der Waals surface area contributed by atoms with Crippen LogP contribution in [-0.2, 0) is 14.6 Å². The van der Waals surface area contributed by atoms with Gasteiger partial charge in [-0.25, -0.2) is 8.42 Å². The summed E-state index contributed by atoms with van der Waals surface area (Å²) in [6.07, 6.45) is 1.25. The summed E-state index contributed by atoms with van der Waals surface area (Å²) >= 11 is 1.43. The Kier molecular flexibility index (Phi) is 5.51. The number of thiophene rings is 1. The SMILES string of the molecule is CS(=O)(=O)c1ccc(NC(=O)CCNC(=O)c2ccsc2)cc1. The number of amides is 2. The van der Waals surface area contributed by atoms with E-state index in [0.717, 1.165) is 6.26 Å². The van der Waals surface area contributed by atoms with Gasteiger partial charge in [-0.3, -0.25) is 9.59 Å². The third-order valence-corrected chi connectivity index (χ3v) is 4.80. The molecule has 2 amide bonds. The smallest absolute Gasteiger partial charge is 0.252 e. The quantitative estimate of drug-likeness (QED) is 0.831. The molecule has 6 nitrogen and oxygen atoms in total. The Morgan fingerprint density at radius 1 is 1.13 bits per heavy atom. The molecule has 0 atom stereocenters. The van der Waals surface area contributed by atoms with Gasteiger partial charge in [-0.2, -0.15) is 11.3 Å². The van der Waals surface area contributed by atoms with Crippen molar-refractivity contribution in [3.63, 3.8) is 0 Å². The lowest BCUT2D eigenvalue weighted by Crippen LogP contribution is -2.27. The summed E-state index contributed by atoms with van der Waals surface area (Å²) in [6, 6.07) is 7.63. The summed E-state index contributed by atoms with van der Waals surface area (Å²) in [5, 5.41) is 8.85. The van der Waals surface area contributed by atoms with Crippen molar-refractivity contribution in [3.8, 4) is 0 Å². The third kappa shape index (κ3) is 5.19. The third-order valence-electron chi connectivity index (χ3n) is 2.99. The molecule has 1 aromatic carbocycles. The van der Waals surface area contributed by atoms with Crippen LogP contribution < -0.4 is 10.6 Å². The van der Waals surface area contributed by atoms with Gasteiger partial charge >= 0.3 is 0 Å². The van der Waals surface area contributed by atoms with Gasteiger partial charge in [0.1, 0.15) is 0 Å². The standard InChI is InChI=1S/C15H16N2O4S2/c1-23(20,21)13-4-2-12(3-5-13)17-14(18)6-8-16-15(19)11-7-9-22-10-11/h2-5,7,9-10H,6,8H2,1H3,(H,16,19)(H,17,18). The molecule has 1 aromatic heterocycles. The van der Waals surface area contributed by atoms with Crippen molar-refractivity contribution < 1.29 is 18.0 Å². The van der Waals surface area contributed by atoms with Crippen molar-refractivity contribution in [2.24, 2.45) is 0 Å². The van der Waals surface area contributed by atoms with E-state index < -0.39 is 9.84 Å². The lowest BCUT2D eigenvalue weighted by atomic mass is 10.3. The number of nitrogens with one attached hydrogen (secondary N) is 2. The number of sulfone groups is 1. The van der Waals surface area contributed by atoms with E-state index in [1.54, 1.807) is 11.4 Å². The molecule has 0 saturated heterocycles. The molecule has 0 bridgehead atoms. The van der Waals surface area contributed by atoms with E-state index >= 15 is 0 Å². The van der Waals surface area contributed by atoms with Crippen molar-refractivity contribution in [1.29, 1.82) is 0 Å². The number of hydrogen-bond donors (Lipinski definition) is 2.